The van der Waals surface area contributed by atoms with Gasteiger partial charge in [-0.15, -0.1) is 0 Å². The van der Waals surface area contributed by atoms with E-state index in [2.05, 4.69) is 0 Å². The van der Waals surface area contributed by atoms with Crippen molar-refractivity contribution in [2.24, 2.45) is 5.73 Å². The van der Waals surface area contributed by atoms with Crippen LogP contribution in [0.5, 0.6) is 0 Å². The summed E-state index contributed by atoms with van der Waals surface area (Å²) in [6, 6.07) is 0. The lowest BCUT2D eigenvalue weighted by atomic mass is 10.1. The summed E-state index contributed by atoms with van der Waals surface area (Å²) in [6.07, 6.45) is 3.59. The molecule has 0 saturated carbocycles. The van der Waals surface area contributed by atoms with Crippen LogP contribution in [0.1, 0.15) is 19.3 Å². The van der Waals surface area contributed by atoms with Crippen LogP contribution < -0.4 is 5.73 Å². The summed E-state index contributed by atoms with van der Waals surface area (Å²) in [7, 11) is 0. The van der Waals surface area contributed by atoms with Gasteiger partial charge >= 0.3 is 0 Å². The number of piperidine rings is 1. The summed E-state index contributed by atoms with van der Waals surface area (Å²) in [5, 5.41) is 0.208. The molecule has 0 aliphatic carbocycles. The summed E-state index contributed by atoms with van der Waals surface area (Å²) in [6.45, 7) is 2.47. The van der Waals surface area contributed by atoms with Crippen LogP contribution in [0.4, 0.5) is 4.79 Å². The van der Waals surface area contributed by atoms with Gasteiger partial charge in [0.25, 0.3) is 5.24 Å². The second-order valence-corrected chi connectivity index (χ2v) is 4.00. The highest BCUT2D eigenvalue weighted by molar-refractivity contribution is 8.13. The second-order valence-electron chi connectivity index (χ2n) is 2.95. The molecule has 3 nitrogen and oxygen atoms in total. The Kier molecular flexibility index (Phi) is 4.46. The van der Waals surface area contributed by atoms with E-state index in [1.54, 1.807) is 0 Å². The van der Waals surface area contributed by atoms with Crippen LogP contribution in [0.15, 0.2) is 0 Å². The van der Waals surface area contributed by atoms with Crippen molar-refractivity contribution in [3.05, 3.63) is 0 Å². The summed E-state index contributed by atoms with van der Waals surface area (Å²) < 4.78 is 0. The Morgan fingerprint density at radius 2 is 2.00 bits per heavy atom. The van der Waals surface area contributed by atoms with Crippen LogP contribution in [0.2, 0.25) is 0 Å². The number of nitrogens with zero attached hydrogens (tertiary/aromatic N) is 1. The van der Waals surface area contributed by atoms with Crippen molar-refractivity contribution >= 4 is 17.0 Å². The molecule has 1 fully saturated rings. The zero-order valence-corrected chi connectivity index (χ0v) is 8.11. The van der Waals surface area contributed by atoms with E-state index in [9.17, 15) is 4.79 Å². The molecule has 0 spiro atoms. The summed E-state index contributed by atoms with van der Waals surface area (Å²) >= 11 is 1.34. The minimum absolute atomic E-state index is 0.208. The van der Waals surface area contributed by atoms with Gasteiger partial charge in [0.1, 0.15) is 0 Å². The van der Waals surface area contributed by atoms with Gasteiger partial charge in [-0.25, -0.2) is 0 Å². The van der Waals surface area contributed by atoms with Crippen molar-refractivity contribution in [3.63, 3.8) is 0 Å². The van der Waals surface area contributed by atoms with Crippen LogP contribution in [0.3, 0.4) is 0 Å². The third-order valence-corrected chi connectivity index (χ3v) is 2.90. The summed E-state index contributed by atoms with van der Waals surface area (Å²) in [4.78, 5) is 13.3. The first-order valence-corrected chi connectivity index (χ1v) is 5.45. The van der Waals surface area contributed by atoms with Crippen molar-refractivity contribution in [2.45, 2.75) is 19.3 Å². The molecule has 1 saturated heterocycles. The fourth-order valence-electron chi connectivity index (χ4n) is 1.31. The molecule has 4 heteroatoms. The molecule has 0 aromatic heterocycles. The van der Waals surface area contributed by atoms with E-state index in [1.165, 1.54) is 18.2 Å². The van der Waals surface area contributed by atoms with Crippen molar-refractivity contribution in [3.8, 4) is 0 Å². The molecular weight excluding hydrogens is 172 g/mol. The van der Waals surface area contributed by atoms with E-state index < -0.39 is 0 Å². The maximum atomic E-state index is 11.4. The Hall–Kier alpha value is -0.220. The maximum Gasteiger partial charge on any atom is 0.281 e. The molecule has 1 aliphatic heterocycles. The SMILES string of the molecule is NCCSC(=O)N1CCCCC1. The Balaban J connectivity index is 2.20. The number of amides is 1. The fraction of sp³-hybridized carbons (Fsp3) is 0.875. The first-order chi connectivity index (χ1) is 5.84. The summed E-state index contributed by atoms with van der Waals surface area (Å²) in [5.74, 6) is 0.745. The van der Waals surface area contributed by atoms with Crippen LogP contribution in [-0.4, -0.2) is 35.5 Å². The third kappa shape index (κ3) is 3.03. The summed E-state index contributed by atoms with van der Waals surface area (Å²) in [5.41, 5.74) is 5.31. The standard InChI is InChI=1S/C8H16N2OS/c9-4-7-12-8(11)10-5-2-1-3-6-10/h1-7,9H2. The van der Waals surface area contributed by atoms with Crippen molar-refractivity contribution in [1.82, 2.24) is 4.90 Å². The molecule has 0 bridgehead atoms. The smallest absolute Gasteiger partial charge is 0.281 e. The number of rotatable bonds is 2. The second kappa shape index (κ2) is 5.43. The molecule has 2 N–H and O–H groups in total. The highest BCUT2D eigenvalue weighted by atomic mass is 32.2. The van der Waals surface area contributed by atoms with Gasteiger partial charge in [-0.1, -0.05) is 11.8 Å². The molecule has 0 atom stereocenters. The Bertz CT molecular complexity index is 146. The average Bonchev–Trinajstić information content (AvgIpc) is 2.15. The minimum atomic E-state index is 0.208. The average molecular weight is 188 g/mol. The lowest BCUT2D eigenvalue weighted by Gasteiger charge is -2.25. The highest BCUT2D eigenvalue weighted by Crippen LogP contribution is 2.14. The number of thioether (sulfide) groups is 1. The van der Waals surface area contributed by atoms with Gasteiger partial charge < -0.3 is 10.6 Å². The van der Waals surface area contributed by atoms with Crippen molar-refractivity contribution in [1.29, 1.82) is 0 Å². The fourth-order valence-corrected chi connectivity index (χ4v) is 1.97. The van der Waals surface area contributed by atoms with E-state index in [-0.39, 0.29) is 5.24 Å². The maximum absolute atomic E-state index is 11.4. The zero-order chi connectivity index (χ0) is 8.81. The van der Waals surface area contributed by atoms with Gasteiger partial charge in [-0.05, 0) is 19.3 Å². The molecule has 0 radical (unpaired) electrons. The van der Waals surface area contributed by atoms with Gasteiger partial charge in [0, 0.05) is 25.4 Å². The van der Waals surface area contributed by atoms with E-state index in [0.29, 0.717) is 6.54 Å². The third-order valence-electron chi connectivity index (χ3n) is 1.96. The predicted molar refractivity (Wildman–Crippen MR) is 52.3 cm³/mol. The molecule has 1 heterocycles. The molecule has 1 amide bonds. The Morgan fingerprint density at radius 3 is 2.58 bits per heavy atom. The number of likely N-dealkylation sites (tertiary alicyclic amines) is 1. The predicted octanol–water partition coefficient (Wildman–Crippen LogP) is 1.28. The topological polar surface area (TPSA) is 46.3 Å². The number of carbonyl (C=O) groups is 1. The van der Waals surface area contributed by atoms with E-state index in [1.807, 2.05) is 4.90 Å². The van der Waals surface area contributed by atoms with Crippen LogP contribution in [0, 0.1) is 0 Å². The molecule has 0 aromatic carbocycles. The van der Waals surface area contributed by atoms with Gasteiger partial charge in [0.2, 0.25) is 0 Å². The quantitative estimate of drug-likeness (QED) is 0.710. The molecule has 0 unspecified atom stereocenters. The Labute approximate surface area is 77.7 Å². The van der Waals surface area contributed by atoms with Crippen molar-refractivity contribution in [2.75, 3.05) is 25.4 Å². The molecule has 12 heavy (non-hydrogen) atoms. The number of carbonyl (C=O) groups excluding carboxylic acids is 1. The Morgan fingerprint density at radius 1 is 1.33 bits per heavy atom. The van der Waals surface area contributed by atoms with Crippen LogP contribution in [-0.2, 0) is 0 Å². The first kappa shape index (κ1) is 9.86. The lowest BCUT2D eigenvalue weighted by molar-refractivity contribution is 0.211. The molecule has 1 aliphatic rings. The molecule has 70 valence electrons. The van der Waals surface area contributed by atoms with Crippen LogP contribution in [0.25, 0.3) is 0 Å². The lowest BCUT2D eigenvalue weighted by Crippen LogP contribution is -2.33. The van der Waals surface area contributed by atoms with Gasteiger partial charge in [0.15, 0.2) is 0 Å². The monoisotopic (exact) mass is 188 g/mol. The number of nitrogens with two attached hydrogens (primary N) is 1. The van der Waals surface area contributed by atoms with Crippen LogP contribution >= 0.6 is 11.8 Å². The highest BCUT2D eigenvalue weighted by Gasteiger charge is 2.15. The van der Waals surface area contributed by atoms with Gasteiger partial charge in [0.05, 0.1) is 0 Å². The largest absolute Gasteiger partial charge is 0.334 e. The molecule has 1 rings (SSSR count). The molecule has 0 aromatic rings. The van der Waals surface area contributed by atoms with E-state index in [0.717, 1.165) is 31.7 Å². The van der Waals surface area contributed by atoms with Crippen molar-refractivity contribution < 1.29 is 4.79 Å². The normalized spacial score (nSPS) is 17.9. The molecular formula is C8H16N2OS. The number of hydrogen-bond acceptors (Lipinski definition) is 3. The number of hydrogen-bond donors (Lipinski definition) is 1. The van der Waals surface area contributed by atoms with E-state index >= 15 is 0 Å². The first-order valence-electron chi connectivity index (χ1n) is 4.46. The van der Waals surface area contributed by atoms with Gasteiger partial charge in [-0.3, -0.25) is 4.79 Å². The van der Waals surface area contributed by atoms with E-state index in [4.69, 9.17) is 5.73 Å². The van der Waals surface area contributed by atoms with Gasteiger partial charge in [-0.2, -0.15) is 0 Å². The minimum Gasteiger partial charge on any atom is -0.334 e. The zero-order valence-electron chi connectivity index (χ0n) is 7.29.